The van der Waals surface area contributed by atoms with Gasteiger partial charge >= 0.3 is 0 Å². The van der Waals surface area contributed by atoms with Gasteiger partial charge in [0.2, 0.25) is 5.95 Å². The third kappa shape index (κ3) is 2.05. The Balaban J connectivity index is 2.08. The van der Waals surface area contributed by atoms with E-state index >= 15 is 0 Å². The number of rotatable bonds is 3. The van der Waals surface area contributed by atoms with E-state index in [2.05, 4.69) is 17.2 Å². The van der Waals surface area contributed by atoms with E-state index in [0.29, 0.717) is 5.56 Å². The molecule has 1 fully saturated rings. The van der Waals surface area contributed by atoms with Crippen molar-refractivity contribution in [2.75, 3.05) is 0 Å². The third-order valence-electron chi connectivity index (χ3n) is 3.35. The summed E-state index contributed by atoms with van der Waals surface area (Å²) in [6, 6.07) is 2.69. The lowest BCUT2D eigenvalue weighted by Crippen LogP contribution is -2.52. The smallest absolute Gasteiger partial charge is 0.251 e. The van der Waals surface area contributed by atoms with Crippen LogP contribution in [-0.2, 0) is 0 Å². The Morgan fingerprint density at radius 2 is 2.38 bits per heavy atom. The molecule has 1 aliphatic carbocycles. The van der Waals surface area contributed by atoms with Crippen molar-refractivity contribution < 1.29 is 9.18 Å². The van der Waals surface area contributed by atoms with Crippen LogP contribution in [0.3, 0.4) is 0 Å². The number of halogens is 1. The summed E-state index contributed by atoms with van der Waals surface area (Å²) in [6.45, 7) is 2.06. The van der Waals surface area contributed by atoms with Crippen LogP contribution in [0.2, 0.25) is 0 Å². The monoisotopic (exact) mass is 222 g/mol. The largest absolute Gasteiger partial charge is 0.347 e. The zero-order chi connectivity index (χ0) is 11.6. The number of carbonyl (C=O) groups excluding carboxylic acids is 1. The predicted molar refractivity (Wildman–Crippen MR) is 58.5 cm³/mol. The number of aromatic nitrogens is 1. The first-order valence-corrected chi connectivity index (χ1v) is 5.59. The van der Waals surface area contributed by atoms with Gasteiger partial charge in [0.25, 0.3) is 5.91 Å². The SMILES string of the molecule is CCC1(NC(=O)c2ccnc(F)c2)CCC1. The molecule has 1 aliphatic rings. The summed E-state index contributed by atoms with van der Waals surface area (Å²) in [5.41, 5.74) is 0.281. The van der Waals surface area contributed by atoms with E-state index in [4.69, 9.17) is 0 Å². The third-order valence-corrected chi connectivity index (χ3v) is 3.35. The van der Waals surface area contributed by atoms with Gasteiger partial charge in [0, 0.05) is 23.4 Å². The van der Waals surface area contributed by atoms with E-state index in [1.807, 2.05) is 0 Å². The van der Waals surface area contributed by atoms with Crippen LogP contribution in [0.15, 0.2) is 18.3 Å². The van der Waals surface area contributed by atoms with E-state index in [-0.39, 0.29) is 11.4 Å². The summed E-state index contributed by atoms with van der Waals surface area (Å²) in [4.78, 5) is 15.3. The Bertz CT molecular complexity index is 396. The molecule has 0 radical (unpaired) electrons. The van der Waals surface area contributed by atoms with Crippen molar-refractivity contribution in [1.82, 2.24) is 10.3 Å². The van der Waals surface area contributed by atoms with Gasteiger partial charge in [-0.05, 0) is 31.7 Å². The average molecular weight is 222 g/mol. The second-order valence-corrected chi connectivity index (χ2v) is 4.31. The molecular formula is C12H15FN2O. The zero-order valence-corrected chi connectivity index (χ0v) is 9.29. The molecule has 1 saturated carbocycles. The van der Waals surface area contributed by atoms with Crippen molar-refractivity contribution in [3.8, 4) is 0 Å². The Morgan fingerprint density at radius 3 is 2.88 bits per heavy atom. The minimum absolute atomic E-state index is 0.0587. The highest BCUT2D eigenvalue weighted by atomic mass is 19.1. The number of amides is 1. The fourth-order valence-corrected chi connectivity index (χ4v) is 2.03. The fourth-order valence-electron chi connectivity index (χ4n) is 2.03. The topological polar surface area (TPSA) is 42.0 Å². The van der Waals surface area contributed by atoms with Crippen LogP contribution in [0, 0.1) is 5.95 Å². The van der Waals surface area contributed by atoms with Crippen LogP contribution in [0.25, 0.3) is 0 Å². The number of hydrogen-bond acceptors (Lipinski definition) is 2. The van der Waals surface area contributed by atoms with Gasteiger partial charge in [0.05, 0.1) is 0 Å². The molecule has 0 spiro atoms. The molecular weight excluding hydrogens is 207 g/mol. The molecule has 1 N–H and O–H groups in total. The van der Waals surface area contributed by atoms with Crippen molar-refractivity contribution in [2.45, 2.75) is 38.1 Å². The van der Waals surface area contributed by atoms with E-state index in [1.54, 1.807) is 0 Å². The molecule has 1 aromatic rings. The summed E-state index contributed by atoms with van der Waals surface area (Å²) in [7, 11) is 0. The number of nitrogens with one attached hydrogen (secondary N) is 1. The van der Waals surface area contributed by atoms with Gasteiger partial charge < -0.3 is 5.32 Å². The van der Waals surface area contributed by atoms with Crippen molar-refractivity contribution in [3.05, 3.63) is 29.8 Å². The molecule has 1 aromatic heterocycles. The summed E-state index contributed by atoms with van der Waals surface area (Å²) >= 11 is 0. The van der Waals surface area contributed by atoms with Gasteiger partial charge in [-0.15, -0.1) is 0 Å². The van der Waals surface area contributed by atoms with Crippen LogP contribution in [-0.4, -0.2) is 16.4 Å². The molecule has 0 aromatic carbocycles. The van der Waals surface area contributed by atoms with Crippen molar-refractivity contribution in [2.24, 2.45) is 0 Å². The highest BCUT2D eigenvalue weighted by Gasteiger charge is 2.36. The highest BCUT2D eigenvalue weighted by Crippen LogP contribution is 2.34. The first kappa shape index (κ1) is 11.0. The maximum atomic E-state index is 12.8. The van der Waals surface area contributed by atoms with Crippen LogP contribution in [0.1, 0.15) is 43.0 Å². The van der Waals surface area contributed by atoms with Gasteiger partial charge in [-0.3, -0.25) is 4.79 Å². The molecule has 0 saturated heterocycles. The van der Waals surface area contributed by atoms with E-state index < -0.39 is 5.95 Å². The number of hydrogen-bond donors (Lipinski definition) is 1. The first-order valence-electron chi connectivity index (χ1n) is 5.59. The Labute approximate surface area is 94.1 Å². The molecule has 86 valence electrons. The molecule has 3 nitrogen and oxygen atoms in total. The minimum Gasteiger partial charge on any atom is -0.347 e. The molecule has 0 aliphatic heterocycles. The molecule has 1 amide bonds. The van der Waals surface area contributed by atoms with Gasteiger partial charge in [-0.2, -0.15) is 4.39 Å². The lowest BCUT2D eigenvalue weighted by atomic mass is 9.74. The second-order valence-electron chi connectivity index (χ2n) is 4.31. The Hall–Kier alpha value is -1.45. The van der Waals surface area contributed by atoms with Crippen LogP contribution < -0.4 is 5.32 Å². The van der Waals surface area contributed by atoms with E-state index in [1.165, 1.54) is 12.3 Å². The van der Waals surface area contributed by atoms with Crippen LogP contribution >= 0.6 is 0 Å². The van der Waals surface area contributed by atoms with Crippen molar-refractivity contribution >= 4 is 5.91 Å². The zero-order valence-electron chi connectivity index (χ0n) is 9.29. The van der Waals surface area contributed by atoms with E-state index in [9.17, 15) is 9.18 Å². The Kier molecular flexibility index (Phi) is 2.90. The quantitative estimate of drug-likeness (QED) is 0.797. The second kappa shape index (κ2) is 4.20. The molecule has 4 heteroatoms. The van der Waals surface area contributed by atoms with Crippen LogP contribution in [0.4, 0.5) is 4.39 Å². The van der Waals surface area contributed by atoms with Gasteiger partial charge in [-0.25, -0.2) is 4.98 Å². The summed E-state index contributed by atoms with van der Waals surface area (Å²) in [5, 5.41) is 2.99. The normalized spacial score (nSPS) is 17.6. The summed E-state index contributed by atoms with van der Waals surface area (Å²) in [5.74, 6) is -0.824. The maximum Gasteiger partial charge on any atom is 0.251 e. The summed E-state index contributed by atoms with van der Waals surface area (Å²) < 4.78 is 12.8. The fraction of sp³-hybridized carbons (Fsp3) is 0.500. The summed E-state index contributed by atoms with van der Waals surface area (Å²) in [6.07, 6.45) is 5.42. The highest BCUT2D eigenvalue weighted by molar-refractivity contribution is 5.94. The van der Waals surface area contributed by atoms with Crippen LogP contribution in [0.5, 0.6) is 0 Å². The first-order chi connectivity index (χ1) is 7.65. The molecule has 0 atom stereocenters. The van der Waals surface area contributed by atoms with Gasteiger partial charge in [0.1, 0.15) is 0 Å². The molecule has 2 rings (SSSR count). The standard InChI is InChI=1S/C12H15FN2O/c1-2-12(5-3-6-12)15-11(16)9-4-7-14-10(13)8-9/h4,7-8H,2-3,5-6H2,1H3,(H,15,16). The van der Waals surface area contributed by atoms with Crippen molar-refractivity contribution in [3.63, 3.8) is 0 Å². The predicted octanol–water partition coefficient (Wildman–Crippen LogP) is 2.28. The molecule has 0 bridgehead atoms. The lowest BCUT2D eigenvalue weighted by molar-refractivity contribution is 0.0819. The van der Waals surface area contributed by atoms with E-state index in [0.717, 1.165) is 31.7 Å². The molecule has 16 heavy (non-hydrogen) atoms. The number of carbonyl (C=O) groups is 1. The molecule has 1 heterocycles. The minimum atomic E-state index is -0.619. The van der Waals surface area contributed by atoms with Gasteiger partial charge in [-0.1, -0.05) is 6.92 Å². The van der Waals surface area contributed by atoms with Gasteiger partial charge in [0.15, 0.2) is 0 Å². The number of nitrogens with zero attached hydrogens (tertiary/aromatic N) is 1. The Morgan fingerprint density at radius 1 is 1.62 bits per heavy atom. The molecule has 0 unspecified atom stereocenters. The number of pyridine rings is 1. The average Bonchev–Trinajstić information content (AvgIpc) is 2.23. The lowest BCUT2D eigenvalue weighted by Gasteiger charge is -2.42. The van der Waals surface area contributed by atoms with Crippen molar-refractivity contribution in [1.29, 1.82) is 0 Å². The maximum absolute atomic E-state index is 12.8.